The van der Waals surface area contributed by atoms with E-state index in [1.807, 2.05) is 25.1 Å². The number of nitrogens with zero attached hydrogens (tertiary/aromatic N) is 2. The second kappa shape index (κ2) is 6.38. The molecule has 1 aromatic heterocycles. The van der Waals surface area contributed by atoms with Crippen molar-refractivity contribution in [2.45, 2.75) is 24.7 Å². The summed E-state index contributed by atoms with van der Waals surface area (Å²) in [5, 5.41) is 4.22. The van der Waals surface area contributed by atoms with Crippen molar-refractivity contribution in [2.75, 3.05) is 0 Å². The van der Waals surface area contributed by atoms with Crippen LogP contribution in [0.1, 0.15) is 16.8 Å². The van der Waals surface area contributed by atoms with Crippen molar-refractivity contribution in [2.24, 2.45) is 0 Å². The zero-order valence-electron chi connectivity index (χ0n) is 12.9. The predicted molar refractivity (Wildman–Crippen MR) is 89.8 cm³/mol. The van der Waals surface area contributed by atoms with Gasteiger partial charge in [0.15, 0.2) is 0 Å². The molecule has 0 bridgehead atoms. The van der Waals surface area contributed by atoms with Gasteiger partial charge in [0, 0.05) is 6.20 Å². The predicted octanol–water partition coefficient (Wildman–Crippen LogP) is 3.21. The van der Waals surface area contributed by atoms with Crippen molar-refractivity contribution < 1.29 is 8.42 Å². The average Bonchev–Trinajstić information content (AvgIpc) is 3.04. The summed E-state index contributed by atoms with van der Waals surface area (Å²) < 4.78 is 26.1. The molecule has 0 aliphatic rings. The van der Waals surface area contributed by atoms with Crippen LogP contribution in [-0.4, -0.2) is 17.6 Å². The first-order valence-electron chi connectivity index (χ1n) is 7.46. The van der Waals surface area contributed by atoms with Gasteiger partial charge in [-0.1, -0.05) is 48.0 Å². The SMILES string of the molecule is Cc1ccc(S(=O)(=O)n2ccc(CCc3ccccc3)n2)cc1. The van der Waals surface area contributed by atoms with E-state index >= 15 is 0 Å². The fourth-order valence-corrected chi connectivity index (χ4v) is 3.48. The summed E-state index contributed by atoms with van der Waals surface area (Å²) in [6.45, 7) is 1.92. The molecule has 4 nitrogen and oxygen atoms in total. The van der Waals surface area contributed by atoms with Gasteiger partial charge in [0.1, 0.15) is 0 Å². The van der Waals surface area contributed by atoms with Gasteiger partial charge >= 0.3 is 0 Å². The summed E-state index contributed by atoms with van der Waals surface area (Å²) in [6, 6.07) is 18.6. The van der Waals surface area contributed by atoms with Crippen molar-refractivity contribution in [3.8, 4) is 0 Å². The highest BCUT2D eigenvalue weighted by atomic mass is 32.2. The third-order valence-electron chi connectivity index (χ3n) is 3.70. The van der Waals surface area contributed by atoms with Crippen LogP contribution in [0.3, 0.4) is 0 Å². The zero-order chi connectivity index (χ0) is 16.3. The number of rotatable bonds is 5. The van der Waals surface area contributed by atoms with Crippen molar-refractivity contribution in [1.82, 2.24) is 9.19 Å². The molecule has 3 rings (SSSR count). The lowest BCUT2D eigenvalue weighted by Gasteiger charge is -2.04. The molecular formula is C18H18N2O2S. The Morgan fingerprint density at radius 2 is 1.61 bits per heavy atom. The average molecular weight is 326 g/mol. The highest BCUT2D eigenvalue weighted by molar-refractivity contribution is 7.89. The standard InChI is InChI=1S/C18H18N2O2S/c1-15-7-11-18(12-8-15)23(21,22)20-14-13-17(19-20)10-9-16-5-3-2-4-6-16/h2-8,11-14H,9-10H2,1H3. The third-order valence-corrected chi connectivity index (χ3v) is 5.26. The first kappa shape index (κ1) is 15.5. The van der Waals surface area contributed by atoms with Gasteiger partial charge in [-0.25, -0.2) is 0 Å². The number of hydrogen-bond donors (Lipinski definition) is 0. The second-order valence-electron chi connectivity index (χ2n) is 5.48. The maximum absolute atomic E-state index is 12.5. The van der Waals surface area contributed by atoms with Crippen LogP contribution in [0, 0.1) is 6.92 Å². The molecule has 0 aliphatic carbocycles. The molecule has 2 aromatic carbocycles. The lowest BCUT2D eigenvalue weighted by atomic mass is 10.1. The van der Waals surface area contributed by atoms with E-state index in [1.165, 1.54) is 11.8 Å². The van der Waals surface area contributed by atoms with Gasteiger partial charge in [-0.05, 0) is 43.5 Å². The van der Waals surface area contributed by atoms with E-state index in [1.54, 1.807) is 30.3 Å². The molecule has 0 N–H and O–H groups in total. The summed E-state index contributed by atoms with van der Waals surface area (Å²) in [4.78, 5) is 0.251. The van der Waals surface area contributed by atoms with E-state index in [2.05, 4.69) is 17.2 Å². The molecule has 0 fully saturated rings. The van der Waals surface area contributed by atoms with Gasteiger partial charge in [-0.2, -0.15) is 17.6 Å². The minimum absolute atomic E-state index is 0.251. The first-order chi connectivity index (χ1) is 11.1. The van der Waals surface area contributed by atoms with Crippen LogP contribution in [0.4, 0.5) is 0 Å². The topological polar surface area (TPSA) is 52.0 Å². The molecule has 0 saturated heterocycles. The Balaban J connectivity index is 1.77. The summed E-state index contributed by atoms with van der Waals surface area (Å²) in [5.74, 6) is 0. The maximum Gasteiger partial charge on any atom is 0.282 e. The molecule has 0 unspecified atom stereocenters. The van der Waals surface area contributed by atoms with Crippen molar-refractivity contribution >= 4 is 10.0 Å². The van der Waals surface area contributed by atoms with Crippen LogP contribution in [0.25, 0.3) is 0 Å². The largest absolute Gasteiger partial charge is 0.282 e. The van der Waals surface area contributed by atoms with Gasteiger partial charge in [-0.15, -0.1) is 0 Å². The van der Waals surface area contributed by atoms with Crippen LogP contribution >= 0.6 is 0 Å². The molecule has 0 saturated carbocycles. The Kier molecular flexibility index (Phi) is 4.30. The molecule has 3 aromatic rings. The van der Waals surface area contributed by atoms with Gasteiger partial charge < -0.3 is 0 Å². The Bertz CT molecular complexity index is 882. The Labute approximate surface area is 136 Å². The number of hydrogen-bond acceptors (Lipinski definition) is 3. The first-order valence-corrected chi connectivity index (χ1v) is 8.90. The van der Waals surface area contributed by atoms with Gasteiger partial charge in [-0.3, -0.25) is 0 Å². The van der Waals surface area contributed by atoms with E-state index in [9.17, 15) is 8.42 Å². The lowest BCUT2D eigenvalue weighted by Crippen LogP contribution is -2.14. The summed E-state index contributed by atoms with van der Waals surface area (Å²) in [6.07, 6.45) is 3.05. The molecule has 0 aliphatic heterocycles. The highest BCUT2D eigenvalue weighted by Crippen LogP contribution is 2.15. The van der Waals surface area contributed by atoms with Crippen LogP contribution in [-0.2, 0) is 22.9 Å². The second-order valence-corrected chi connectivity index (χ2v) is 7.28. The fourth-order valence-electron chi connectivity index (χ4n) is 2.35. The normalized spacial score (nSPS) is 11.5. The monoisotopic (exact) mass is 326 g/mol. The van der Waals surface area contributed by atoms with Crippen LogP contribution in [0.2, 0.25) is 0 Å². The molecule has 5 heteroatoms. The van der Waals surface area contributed by atoms with Gasteiger partial charge in [0.25, 0.3) is 10.0 Å². The van der Waals surface area contributed by atoms with Crippen LogP contribution in [0.15, 0.2) is 71.8 Å². The van der Waals surface area contributed by atoms with E-state index in [-0.39, 0.29) is 4.90 Å². The van der Waals surface area contributed by atoms with Crippen LogP contribution in [0.5, 0.6) is 0 Å². The molecule has 118 valence electrons. The van der Waals surface area contributed by atoms with Crippen LogP contribution < -0.4 is 0 Å². The number of aryl methyl sites for hydroxylation is 3. The molecule has 23 heavy (non-hydrogen) atoms. The minimum Gasteiger partial charge on any atom is -0.199 e. The van der Waals surface area contributed by atoms with Crippen molar-refractivity contribution in [3.05, 3.63) is 83.7 Å². The van der Waals surface area contributed by atoms with E-state index < -0.39 is 10.0 Å². The Hall–Kier alpha value is -2.40. The molecule has 0 atom stereocenters. The molecular weight excluding hydrogens is 308 g/mol. The third kappa shape index (κ3) is 3.51. The fraction of sp³-hybridized carbons (Fsp3) is 0.167. The zero-order valence-corrected chi connectivity index (χ0v) is 13.7. The van der Waals surface area contributed by atoms with E-state index in [4.69, 9.17) is 0 Å². The maximum atomic E-state index is 12.5. The quantitative estimate of drug-likeness (QED) is 0.723. The highest BCUT2D eigenvalue weighted by Gasteiger charge is 2.17. The molecule has 0 radical (unpaired) electrons. The van der Waals surface area contributed by atoms with Crippen molar-refractivity contribution in [1.29, 1.82) is 0 Å². The van der Waals surface area contributed by atoms with Gasteiger partial charge in [0.05, 0.1) is 10.6 Å². The molecule has 0 amide bonds. The smallest absolute Gasteiger partial charge is 0.199 e. The minimum atomic E-state index is -3.61. The summed E-state index contributed by atoms with van der Waals surface area (Å²) in [7, 11) is -3.61. The summed E-state index contributed by atoms with van der Waals surface area (Å²) >= 11 is 0. The van der Waals surface area contributed by atoms with Crippen molar-refractivity contribution in [3.63, 3.8) is 0 Å². The molecule has 0 spiro atoms. The Morgan fingerprint density at radius 1 is 0.913 bits per heavy atom. The number of aromatic nitrogens is 2. The molecule has 1 heterocycles. The van der Waals surface area contributed by atoms with E-state index in [0.29, 0.717) is 6.42 Å². The Morgan fingerprint density at radius 3 is 2.30 bits per heavy atom. The van der Waals surface area contributed by atoms with Gasteiger partial charge in [0.2, 0.25) is 0 Å². The lowest BCUT2D eigenvalue weighted by molar-refractivity contribution is 0.579. The van der Waals surface area contributed by atoms with E-state index in [0.717, 1.165) is 21.8 Å². The summed E-state index contributed by atoms with van der Waals surface area (Å²) in [5.41, 5.74) is 3.00. The number of benzene rings is 2.